The van der Waals surface area contributed by atoms with Gasteiger partial charge < -0.3 is 5.32 Å². The minimum Gasteiger partial charge on any atom is -0.348 e. The molecule has 24 heavy (non-hydrogen) atoms. The largest absolute Gasteiger partial charge is 0.348 e. The van der Waals surface area contributed by atoms with Crippen molar-refractivity contribution in [2.45, 2.75) is 6.54 Å². The van der Waals surface area contributed by atoms with Crippen LogP contribution < -0.4 is 5.32 Å². The molecule has 0 aliphatic heterocycles. The molecule has 0 spiro atoms. The molecule has 6 nitrogen and oxygen atoms in total. The molecule has 0 unspecified atom stereocenters. The van der Waals surface area contributed by atoms with E-state index in [2.05, 4.69) is 10.3 Å². The normalized spacial score (nSPS) is 11.0. The van der Waals surface area contributed by atoms with E-state index < -0.39 is 4.92 Å². The van der Waals surface area contributed by atoms with Crippen LogP contribution in [0.1, 0.15) is 10.6 Å². The van der Waals surface area contributed by atoms with Crippen molar-refractivity contribution in [3.05, 3.63) is 75.3 Å². The van der Waals surface area contributed by atoms with Crippen LogP contribution in [0.3, 0.4) is 0 Å². The number of non-ortho nitro benzene ring substituents is 1. The highest BCUT2D eigenvalue weighted by atomic mass is 32.1. The molecule has 2 aromatic carbocycles. The second kappa shape index (κ2) is 7.01. The van der Waals surface area contributed by atoms with Crippen LogP contribution in [0.2, 0.25) is 0 Å². The summed E-state index contributed by atoms with van der Waals surface area (Å²) in [7, 11) is 0. The quantitative estimate of drug-likeness (QED) is 0.438. The number of para-hydroxylation sites is 1. The highest BCUT2D eigenvalue weighted by molar-refractivity contribution is 7.19. The number of nitro benzene ring substituents is 1. The predicted octanol–water partition coefficient (Wildman–Crippen LogP) is 3.53. The van der Waals surface area contributed by atoms with Gasteiger partial charge in [0.15, 0.2) is 0 Å². The maximum Gasteiger partial charge on any atom is 0.269 e. The van der Waals surface area contributed by atoms with Gasteiger partial charge in [-0.25, -0.2) is 4.98 Å². The maximum atomic E-state index is 11.9. The van der Waals surface area contributed by atoms with Gasteiger partial charge in [0.2, 0.25) is 5.91 Å². The number of fused-ring (bicyclic) bond motifs is 1. The van der Waals surface area contributed by atoms with E-state index >= 15 is 0 Å². The number of carbonyl (C=O) groups excluding carboxylic acids is 1. The summed E-state index contributed by atoms with van der Waals surface area (Å²) in [6.07, 6.45) is 3.11. The van der Waals surface area contributed by atoms with Crippen LogP contribution in [-0.2, 0) is 11.3 Å². The second-order valence-corrected chi connectivity index (χ2v) is 6.06. The van der Waals surface area contributed by atoms with E-state index in [-0.39, 0.29) is 11.6 Å². The summed E-state index contributed by atoms with van der Waals surface area (Å²) in [4.78, 5) is 26.4. The Morgan fingerprint density at radius 1 is 1.21 bits per heavy atom. The standard InChI is InChI=1S/C17H13N3O3S/c21-16(18-11-12-5-7-13(8-6-12)20(22)23)9-10-17-19-14-3-1-2-4-15(14)24-17/h1-10H,11H2,(H,18,21). The van der Waals surface area contributed by atoms with E-state index in [4.69, 9.17) is 0 Å². The van der Waals surface area contributed by atoms with Crippen LogP contribution in [0.25, 0.3) is 16.3 Å². The zero-order valence-corrected chi connectivity index (χ0v) is 13.3. The van der Waals surface area contributed by atoms with Crippen molar-refractivity contribution >= 4 is 39.2 Å². The van der Waals surface area contributed by atoms with Crippen LogP contribution in [0.4, 0.5) is 5.69 Å². The van der Waals surface area contributed by atoms with Crippen molar-refractivity contribution in [2.24, 2.45) is 0 Å². The van der Waals surface area contributed by atoms with Crippen LogP contribution in [-0.4, -0.2) is 15.8 Å². The zero-order chi connectivity index (χ0) is 16.9. The van der Waals surface area contributed by atoms with Crippen molar-refractivity contribution < 1.29 is 9.72 Å². The summed E-state index contributed by atoms with van der Waals surface area (Å²) in [5.74, 6) is -0.243. The van der Waals surface area contributed by atoms with Gasteiger partial charge in [-0.05, 0) is 23.8 Å². The Kier molecular flexibility index (Phi) is 4.62. The van der Waals surface area contributed by atoms with Gasteiger partial charge in [0, 0.05) is 24.8 Å². The minimum atomic E-state index is -0.455. The Balaban J connectivity index is 1.57. The molecule has 1 heterocycles. The first kappa shape index (κ1) is 15.8. The third-order valence-corrected chi connectivity index (χ3v) is 4.30. The molecule has 1 amide bonds. The van der Waals surface area contributed by atoms with Gasteiger partial charge in [0.1, 0.15) is 5.01 Å². The number of carbonyl (C=O) groups is 1. The SMILES string of the molecule is O=C(C=Cc1nc2ccccc2s1)NCc1ccc([N+](=O)[O-])cc1. The molecule has 120 valence electrons. The van der Waals surface area contributed by atoms with Gasteiger partial charge in [-0.3, -0.25) is 14.9 Å². The molecule has 3 aromatic rings. The van der Waals surface area contributed by atoms with Crippen LogP contribution in [0.15, 0.2) is 54.6 Å². The van der Waals surface area contributed by atoms with E-state index in [1.807, 2.05) is 24.3 Å². The fraction of sp³-hybridized carbons (Fsp3) is 0.0588. The van der Waals surface area contributed by atoms with Crippen molar-refractivity contribution in [3.8, 4) is 0 Å². The molecule has 7 heteroatoms. The van der Waals surface area contributed by atoms with Gasteiger partial charge in [-0.2, -0.15) is 0 Å². The summed E-state index contributed by atoms with van der Waals surface area (Å²) in [5, 5.41) is 14.1. The third kappa shape index (κ3) is 3.82. The topological polar surface area (TPSA) is 85.1 Å². The maximum absolute atomic E-state index is 11.9. The summed E-state index contributed by atoms with van der Waals surface area (Å²) in [6.45, 7) is 0.307. The Hall–Kier alpha value is -3.06. The lowest BCUT2D eigenvalue weighted by atomic mass is 10.2. The van der Waals surface area contributed by atoms with E-state index in [1.54, 1.807) is 18.2 Å². The monoisotopic (exact) mass is 339 g/mol. The van der Waals surface area contributed by atoms with Crippen LogP contribution >= 0.6 is 11.3 Å². The Morgan fingerprint density at radius 3 is 2.67 bits per heavy atom. The highest BCUT2D eigenvalue weighted by Crippen LogP contribution is 2.22. The lowest BCUT2D eigenvalue weighted by Crippen LogP contribution is -2.20. The summed E-state index contributed by atoms with van der Waals surface area (Å²) >= 11 is 1.52. The number of thiazole rings is 1. The molecule has 0 aliphatic rings. The molecule has 0 saturated carbocycles. The number of nitrogens with one attached hydrogen (secondary N) is 1. The number of rotatable bonds is 5. The molecule has 0 radical (unpaired) electrons. The predicted molar refractivity (Wildman–Crippen MR) is 93.6 cm³/mol. The first-order valence-electron chi connectivity index (χ1n) is 7.16. The van der Waals surface area contributed by atoms with Crippen LogP contribution in [0.5, 0.6) is 0 Å². The van der Waals surface area contributed by atoms with Crippen LogP contribution in [0, 0.1) is 10.1 Å². The lowest BCUT2D eigenvalue weighted by Gasteiger charge is -2.02. The zero-order valence-electron chi connectivity index (χ0n) is 12.5. The van der Waals surface area contributed by atoms with Gasteiger partial charge in [0.25, 0.3) is 5.69 Å². The second-order valence-electron chi connectivity index (χ2n) is 4.99. The number of hydrogen-bond acceptors (Lipinski definition) is 5. The molecule has 0 fully saturated rings. The van der Waals surface area contributed by atoms with Crippen molar-refractivity contribution in [1.82, 2.24) is 10.3 Å². The average Bonchev–Trinajstić information content (AvgIpc) is 3.01. The van der Waals surface area contributed by atoms with Gasteiger partial charge in [-0.15, -0.1) is 11.3 Å². The molecular weight excluding hydrogens is 326 g/mol. The number of aromatic nitrogens is 1. The molecule has 3 rings (SSSR count). The van der Waals surface area contributed by atoms with Crippen molar-refractivity contribution in [2.75, 3.05) is 0 Å². The van der Waals surface area contributed by atoms with E-state index in [1.165, 1.54) is 29.5 Å². The first-order chi connectivity index (χ1) is 11.6. The summed E-state index contributed by atoms with van der Waals surface area (Å²) in [5.41, 5.74) is 1.73. The Morgan fingerprint density at radius 2 is 1.96 bits per heavy atom. The van der Waals surface area contributed by atoms with Crippen molar-refractivity contribution in [3.63, 3.8) is 0 Å². The smallest absolute Gasteiger partial charge is 0.269 e. The number of nitrogens with zero attached hydrogens (tertiary/aromatic N) is 2. The average molecular weight is 339 g/mol. The Bertz CT molecular complexity index is 883. The molecular formula is C17H13N3O3S. The number of nitro groups is 1. The molecule has 1 aromatic heterocycles. The molecule has 0 aliphatic carbocycles. The molecule has 1 N–H and O–H groups in total. The highest BCUT2D eigenvalue weighted by Gasteiger charge is 2.05. The molecule has 0 atom stereocenters. The summed E-state index contributed by atoms with van der Waals surface area (Å²) < 4.78 is 1.07. The van der Waals surface area contributed by atoms with E-state index in [0.717, 1.165) is 20.8 Å². The number of amides is 1. The first-order valence-corrected chi connectivity index (χ1v) is 7.98. The Labute approximate surface area is 141 Å². The molecule has 0 bridgehead atoms. The van der Waals surface area contributed by atoms with E-state index in [0.29, 0.717) is 6.54 Å². The fourth-order valence-corrected chi connectivity index (χ4v) is 2.96. The van der Waals surface area contributed by atoms with Crippen molar-refractivity contribution in [1.29, 1.82) is 0 Å². The van der Waals surface area contributed by atoms with Gasteiger partial charge in [0.05, 0.1) is 15.1 Å². The fourth-order valence-electron chi connectivity index (χ4n) is 2.09. The minimum absolute atomic E-state index is 0.0285. The number of benzene rings is 2. The summed E-state index contributed by atoms with van der Waals surface area (Å²) in [6, 6.07) is 13.9. The van der Waals surface area contributed by atoms with Gasteiger partial charge >= 0.3 is 0 Å². The molecule has 0 saturated heterocycles. The van der Waals surface area contributed by atoms with Gasteiger partial charge in [-0.1, -0.05) is 24.3 Å². The lowest BCUT2D eigenvalue weighted by molar-refractivity contribution is -0.384. The number of hydrogen-bond donors (Lipinski definition) is 1. The van der Waals surface area contributed by atoms with E-state index in [9.17, 15) is 14.9 Å². The third-order valence-electron chi connectivity index (χ3n) is 3.30.